The summed E-state index contributed by atoms with van der Waals surface area (Å²) in [4.78, 5) is 39.0. The average Bonchev–Trinajstić information content (AvgIpc) is 3.01. The SMILES string of the molecule is CCOCCCN1C(=O)C(Nc2ccccc2OC)=C(c2ccc(NC(C)=O)cc2)C1=O. The number of methoxy groups -OCH3 is 1. The second kappa shape index (κ2) is 10.6. The molecule has 2 aromatic carbocycles. The van der Waals surface area contributed by atoms with Crippen LogP contribution < -0.4 is 15.4 Å². The minimum Gasteiger partial charge on any atom is -0.495 e. The van der Waals surface area contributed by atoms with Crippen molar-refractivity contribution in [3.63, 3.8) is 0 Å². The fourth-order valence-electron chi connectivity index (χ4n) is 3.44. The maximum absolute atomic E-state index is 13.3. The molecule has 2 aromatic rings. The lowest BCUT2D eigenvalue weighted by Crippen LogP contribution is -2.34. The van der Waals surface area contributed by atoms with Gasteiger partial charge in [0.25, 0.3) is 11.8 Å². The van der Waals surface area contributed by atoms with Crippen LogP contribution in [0.25, 0.3) is 5.57 Å². The van der Waals surface area contributed by atoms with E-state index in [1.807, 2.05) is 19.1 Å². The van der Waals surface area contributed by atoms with E-state index < -0.39 is 5.91 Å². The van der Waals surface area contributed by atoms with Crippen molar-refractivity contribution in [2.75, 3.05) is 37.5 Å². The van der Waals surface area contributed by atoms with Crippen molar-refractivity contribution in [2.45, 2.75) is 20.3 Å². The summed E-state index contributed by atoms with van der Waals surface area (Å²) < 4.78 is 10.7. The standard InChI is InChI=1S/C24H27N3O5/c1-4-32-15-7-14-27-23(29)21(17-10-12-18(13-11-17)25-16(2)28)22(24(27)30)26-19-8-5-6-9-20(19)31-3/h5-6,8-13,26H,4,7,14-15H2,1-3H3,(H,25,28). The van der Waals surface area contributed by atoms with E-state index in [0.29, 0.717) is 42.3 Å². The van der Waals surface area contributed by atoms with Crippen LogP contribution in [0, 0.1) is 0 Å². The monoisotopic (exact) mass is 437 g/mol. The third-order valence-electron chi connectivity index (χ3n) is 4.90. The summed E-state index contributed by atoms with van der Waals surface area (Å²) in [6.07, 6.45) is 0.544. The second-order valence-corrected chi connectivity index (χ2v) is 7.15. The average molecular weight is 437 g/mol. The van der Waals surface area contributed by atoms with E-state index in [-0.39, 0.29) is 29.6 Å². The normalized spacial score (nSPS) is 13.5. The van der Waals surface area contributed by atoms with E-state index in [9.17, 15) is 14.4 Å². The van der Waals surface area contributed by atoms with Crippen molar-refractivity contribution in [2.24, 2.45) is 0 Å². The van der Waals surface area contributed by atoms with E-state index in [0.717, 1.165) is 0 Å². The molecule has 2 N–H and O–H groups in total. The number of benzene rings is 2. The van der Waals surface area contributed by atoms with Crippen LogP contribution in [0.3, 0.4) is 0 Å². The predicted octanol–water partition coefficient (Wildman–Crippen LogP) is 3.27. The van der Waals surface area contributed by atoms with E-state index >= 15 is 0 Å². The lowest BCUT2D eigenvalue weighted by molar-refractivity contribution is -0.137. The number of carbonyl (C=O) groups excluding carboxylic acids is 3. The van der Waals surface area contributed by atoms with Crippen LogP contribution in [0.15, 0.2) is 54.2 Å². The molecule has 0 atom stereocenters. The highest BCUT2D eigenvalue weighted by molar-refractivity contribution is 6.36. The van der Waals surface area contributed by atoms with Crippen LogP contribution in [0.2, 0.25) is 0 Å². The van der Waals surface area contributed by atoms with Gasteiger partial charge in [-0.15, -0.1) is 0 Å². The molecule has 3 amide bonds. The summed E-state index contributed by atoms with van der Waals surface area (Å²) in [6, 6.07) is 14.0. The van der Waals surface area contributed by atoms with Crippen molar-refractivity contribution < 1.29 is 23.9 Å². The Morgan fingerprint density at radius 2 is 1.75 bits per heavy atom. The molecule has 3 rings (SSSR count). The quantitative estimate of drug-likeness (QED) is 0.437. The summed E-state index contributed by atoms with van der Waals surface area (Å²) in [5.41, 5.74) is 2.21. The Labute approximate surface area is 187 Å². The maximum Gasteiger partial charge on any atom is 0.278 e. The fraction of sp³-hybridized carbons (Fsp3) is 0.292. The first-order valence-corrected chi connectivity index (χ1v) is 10.4. The number of amides is 3. The van der Waals surface area contributed by atoms with Gasteiger partial charge in [0.2, 0.25) is 5.91 Å². The van der Waals surface area contributed by atoms with Gasteiger partial charge < -0.3 is 20.1 Å². The Kier molecular flexibility index (Phi) is 7.62. The topological polar surface area (TPSA) is 97.0 Å². The Balaban J connectivity index is 1.96. The van der Waals surface area contributed by atoms with Crippen LogP contribution in [-0.2, 0) is 19.1 Å². The van der Waals surface area contributed by atoms with Gasteiger partial charge in [0.05, 0.1) is 18.4 Å². The molecule has 0 bridgehead atoms. The van der Waals surface area contributed by atoms with Crippen molar-refractivity contribution in [1.82, 2.24) is 4.90 Å². The van der Waals surface area contributed by atoms with Crippen molar-refractivity contribution >= 4 is 34.7 Å². The van der Waals surface area contributed by atoms with Crippen molar-refractivity contribution in [3.05, 3.63) is 59.8 Å². The number of carbonyl (C=O) groups is 3. The molecule has 0 fully saturated rings. The number of nitrogens with zero attached hydrogens (tertiary/aromatic N) is 1. The molecule has 0 spiro atoms. The zero-order valence-electron chi connectivity index (χ0n) is 18.4. The van der Waals surface area contributed by atoms with Crippen LogP contribution in [0.4, 0.5) is 11.4 Å². The molecule has 0 aromatic heterocycles. The second-order valence-electron chi connectivity index (χ2n) is 7.15. The fourth-order valence-corrected chi connectivity index (χ4v) is 3.44. The smallest absolute Gasteiger partial charge is 0.278 e. The van der Waals surface area contributed by atoms with Gasteiger partial charge in [0, 0.05) is 32.4 Å². The van der Waals surface area contributed by atoms with Gasteiger partial charge in [-0.25, -0.2) is 0 Å². The van der Waals surface area contributed by atoms with Crippen LogP contribution in [0.1, 0.15) is 25.8 Å². The summed E-state index contributed by atoms with van der Waals surface area (Å²) in [5.74, 6) is -0.423. The third-order valence-corrected chi connectivity index (χ3v) is 4.90. The minimum absolute atomic E-state index is 0.184. The first-order chi connectivity index (χ1) is 15.5. The summed E-state index contributed by atoms with van der Waals surface area (Å²) in [7, 11) is 1.54. The van der Waals surface area contributed by atoms with Crippen LogP contribution in [-0.4, -0.2) is 49.5 Å². The molecule has 0 unspecified atom stereocenters. The van der Waals surface area contributed by atoms with Gasteiger partial charge in [-0.3, -0.25) is 19.3 Å². The van der Waals surface area contributed by atoms with Crippen LogP contribution >= 0.6 is 0 Å². The summed E-state index contributed by atoms with van der Waals surface area (Å²) >= 11 is 0. The summed E-state index contributed by atoms with van der Waals surface area (Å²) in [5, 5.41) is 5.80. The van der Waals surface area contributed by atoms with Gasteiger partial charge in [0.1, 0.15) is 11.4 Å². The van der Waals surface area contributed by atoms with Gasteiger partial charge >= 0.3 is 0 Å². The number of para-hydroxylation sites is 2. The molecular weight excluding hydrogens is 410 g/mol. The zero-order chi connectivity index (χ0) is 23.1. The molecule has 0 aliphatic carbocycles. The van der Waals surface area contributed by atoms with Gasteiger partial charge in [-0.05, 0) is 43.2 Å². The lowest BCUT2D eigenvalue weighted by atomic mass is 10.0. The van der Waals surface area contributed by atoms with Gasteiger partial charge in [-0.1, -0.05) is 24.3 Å². The number of rotatable bonds is 10. The van der Waals surface area contributed by atoms with Crippen molar-refractivity contribution in [1.29, 1.82) is 0 Å². The highest BCUT2D eigenvalue weighted by Crippen LogP contribution is 2.33. The number of hydrogen-bond donors (Lipinski definition) is 2. The van der Waals surface area contributed by atoms with Gasteiger partial charge in [-0.2, -0.15) is 0 Å². The maximum atomic E-state index is 13.3. The van der Waals surface area contributed by atoms with Gasteiger partial charge in [0.15, 0.2) is 0 Å². The van der Waals surface area contributed by atoms with Crippen LogP contribution in [0.5, 0.6) is 5.75 Å². The molecule has 1 aliphatic rings. The van der Waals surface area contributed by atoms with E-state index in [4.69, 9.17) is 9.47 Å². The first-order valence-electron chi connectivity index (χ1n) is 10.4. The van der Waals surface area contributed by atoms with Crippen molar-refractivity contribution in [3.8, 4) is 5.75 Å². The molecule has 0 saturated heterocycles. The molecule has 8 nitrogen and oxygen atoms in total. The molecule has 32 heavy (non-hydrogen) atoms. The Hall–Kier alpha value is -3.65. The molecular formula is C24H27N3O5. The van der Waals surface area contributed by atoms with E-state index in [1.54, 1.807) is 36.4 Å². The number of nitrogens with one attached hydrogen (secondary N) is 2. The highest BCUT2D eigenvalue weighted by Gasteiger charge is 2.39. The van der Waals surface area contributed by atoms with E-state index in [2.05, 4.69) is 10.6 Å². The minimum atomic E-state index is -0.404. The largest absolute Gasteiger partial charge is 0.495 e. The molecule has 1 aliphatic heterocycles. The lowest BCUT2D eigenvalue weighted by Gasteiger charge is -2.15. The van der Waals surface area contributed by atoms with E-state index in [1.165, 1.54) is 18.9 Å². The third kappa shape index (κ3) is 5.15. The molecule has 8 heteroatoms. The highest BCUT2D eigenvalue weighted by atomic mass is 16.5. The molecule has 168 valence electrons. The summed E-state index contributed by atoms with van der Waals surface area (Å²) in [6.45, 7) is 4.61. The zero-order valence-corrected chi connectivity index (χ0v) is 18.4. The Morgan fingerprint density at radius 3 is 2.41 bits per heavy atom. The Bertz CT molecular complexity index is 1030. The molecule has 0 saturated carbocycles. The number of ether oxygens (including phenoxy) is 2. The Morgan fingerprint density at radius 1 is 1.03 bits per heavy atom. The molecule has 0 radical (unpaired) electrons. The number of hydrogen-bond acceptors (Lipinski definition) is 6. The number of imide groups is 1. The molecule has 1 heterocycles. The predicted molar refractivity (Wildman–Crippen MR) is 122 cm³/mol. The first kappa shape index (κ1) is 23.0. The number of anilines is 2.